The Hall–Kier alpha value is -3.86. The highest BCUT2D eigenvalue weighted by atomic mass is 32.2. The van der Waals surface area contributed by atoms with Gasteiger partial charge in [-0.2, -0.15) is 0 Å². The second-order valence-electron chi connectivity index (χ2n) is 6.04. The summed E-state index contributed by atoms with van der Waals surface area (Å²) in [5, 5.41) is 23.0. The van der Waals surface area contributed by atoms with Gasteiger partial charge in [0.15, 0.2) is 15.7 Å². The summed E-state index contributed by atoms with van der Waals surface area (Å²) in [4.78, 5) is 30.6. The van der Waals surface area contributed by atoms with Crippen LogP contribution in [0.5, 0.6) is 5.75 Å². The number of aromatic nitrogens is 2. The largest absolute Gasteiger partial charge is 0.508 e. The number of phenolic OH excluding ortho intramolecular Hbond substituents is 1. The number of benzene rings is 2. The van der Waals surface area contributed by atoms with E-state index in [9.17, 15) is 28.4 Å². The van der Waals surface area contributed by atoms with Crippen LogP contribution in [0, 0.1) is 10.1 Å². The van der Waals surface area contributed by atoms with Crippen molar-refractivity contribution < 1.29 is 23.2 Å². The number of nitro groups is 1. The van der Waals surface area contributed by atoms with E-state index in [0.717, 1.165) is 24.5 Å². The van der Waals surface area contributed by atoms with E-state index in [1.807, 2.05) is 0 Å². The fraction of sp³-hybridized carbons (Fsp3) is 0.0556. The van der Waals surface area contributed by atoms with Crippen molar-refractivity contribution in [3.63, 3.8) is 0 Å². The Labute approximate surface area is 164 Å². The molecule has 0 spiro atoms. The first-order valence-electron chi connectivity index (χ1n) is 8.06. The summed E-state index contributed by atoms with van der Waals surface area (Å²) in [5.74, 6) is -0.392. The van der Waals surface area contributed by atoms with Gasteiger partial charge < -0.3 is 10.4 Å². The molecule has 1 amide bonds. The Morgan fingerprint density at radius 2 is 1.83 bits per heavy atom. The molecule has 1 heterocycles. The van der Waals surface area contributed by atoms with Gasteiger partial charge in [-0.25, -0.2) is 18.4 Å². The number of amides is 1. The molecule has 0 fully saturated rings. The van der Waals surface area contributed by atoms with E-state index in [1.165, 1.54) is 24.5 Å². The molecule has 0 aliphatic rings. The molecular weight excluding hydrogens is 400 g/mol. The van der Waals surface area contributed by atoms with E-state index in [2.05, 4.69) is 15.3 Å². The zero-order valence-electron chi connectivity index (χ0n) is 14.9. The van der Waals surface area contributed by atoms with Crippen molar-refractivity contribution >= 4 is 27.1 Å². The van der Waals surface area contributed by atoms with Gasteiger partial charge >= 0.3 is 0 Å². The highest BCUT2D eigenvalue weighted by Crippen LogP contribution is 2.23. The van der Waals surface area contributed by atoms with Gasteiger partial charge in [0.25, 0.3) is 11.6 Å². The van der Waals surface area contributed by atoms with Gasteiger partial charge in [-0.05, 0) is 18.2 Å². The highest BCUT2D eigenvalue weighted by molar-refractivity contribution is 7.90. The van der Waals surface area contributed by atoms with E-state index in [4.69, 9.17) is 0 Å². The number of nitrogens with one attached hydrogen (secondary N) is 1. The monoisotopic (exact) mass is 414 g/mol. The van der Waals surface area contributed by atoms with Gasteiger partial charge in [-0.3, -0.25) is 14.9 Å². The number of non-ortho nitro benzene ring substituents is 1. The average molecular weight is 414 g/mol. The van der Waals surface area contributed by atoms with Crippen molar-refractivity contribution in [1.82, 2.24) is 9.97 Å². The molecule has 0 bridgehead atoms. The van der Waals surface area contributed by atoms with E-state index in [0.29, 0.717) is 11.4 Å². The van der Waals surface area contributed by atoms with E-state index < -0.39 is 26.4 Å². The quantitative estimate of drug-likeness (QED) is 0.477. The lowest BCUT2D eigenvalue weighted by Crippen LogP contribution is -2.14. The summed E-state index contributed by atoms with van der Waals surface area (Å²) in [7, 11) is -3.76. The molecule has 0 aliphatic heterocycles. The van der Waals surface area contributed by atoms with Crippen LogP contribution in [-0.2, 0) is 9.84 Å². The smallest absolute Gasteiger partial charge is 0.271 e. The normalized spacial score (nSPS) is 11.1. The fourth-order valence-corrected chi connectivity index (χ4v) is 3.10. The Balaban J connectivity index is 1.86. The van der Waals surface area contributed by atoms with Crippen molar-refractivity contribution in [2.75, 3.05) is 11.6 Å². The van der Waals surface area contributed by atoms with E-state index in [-0.39, 0.29) is 21.9 Å². The van der Waals surface area contributed by atoms with Crippen molar-refractivity contribution in [1.29, 1.82) is 0 Å². The number of carbonyl (C=O) groups excluding carboxylic acids is 1. The summed E-state index contributed by atoms with van der Waals surface area (Å²) in [5.41, 5.74) is 0.0518. The number of sulfone groups is 1. The molecule has 11 heteroatoms. The number of phenols is 1. The molecule has 1 aromatic heterocycles. The predicted molar refractivity (Wildman–Crippen MR) is 103 cm³/mol. The number of carbonyl (C=O) groups is 1. The molecule has 0 saturated heterocycles. The standard InChI is InChI=1S/C18H14N4O6S/c1-29(27,28)16-7-12(5-14(8-16)22(25)26)18(24)21-13-9-19-17(20-10-13)11-3-2-4-15(23)6-11/h2-10,23H,1H3,(H,21,24). The minimum Gasteiger partial charge on any atom is -0.508 e. The molecule has 2 aromatic carbocycles. The lowest BCUT2D eigenvalue weighted by Gasteiger charge is -2.07. The van der Waals surface area contributed by atoms with Gasteiger partial charge in [0.05, 0.1) is 27.9 Å². The Kier molecular flexibility index (Phi) is 5.24. The number of aromatic hydroxyl groups is 1. The van der Waals surface area contributed by atoms with Crippen LogP contribution in [0.1, 0.15) is 10.4 Å². The van der Waals surface area contributed by atoms with Crippen LogP contribution in [0.3, 0.4) is 0 Å². The van der Waals surface area contributed by atoms with Crippen LogP contribution in [0.4, 0.5) is 11.4 Å². The number of nitro benzene ring substituents is 1. The summed E-state index contributed by atoms with van der Waals surface area (Å²) in [6, 6.07) is 9.23. The lowest BCUT2D eigenvalue weighted by molar-refractivity contribution is -0.385. The van der Waals surface area contributed by atoms with Crippen LogP contribution < -0.4 is 5.32 Å². The van der Waals surface area contributed by atoms with Crippen molar-refractivity contribution in [2.24, 2.45) is 0 Å². The van der Waals surface area contributed by atoms with Crippen molar-refractivity contribution in [3.05, 3.63) is 70.5 Å². The Morgan fingerprint density at radius 3 is 2.41 bits per heavy atom. The third-order valence-corrected chi connectivity index (χ3v) is 4.90. The minimum atomic E-state index is -3.76. The molecule has 0 unspecified atom stereocenters. The highest BCUT2D eigenvalue weighted by Gasteiger charge is 2.19. The van der Waals surface area contributed by atoms with Crippen LogP contribution >= 0.6 is 0 Å². The average Bonchev–Trinajstić information content (AvgIpc) is 2.67. The lowest BCUT2D eigenvalue weighted by atomic mass is 10.2. The first kappa shape index (κ1) is 19.9. The summed E-state index contributed by atoms with van der Waals surface area (Å²) in [6.07, 6.45) is 3.53. The number of nitrogens with zero attached hydrogens (tertiary/aromatic N) is 3. The molecule has 148 valence electrons. The zero-order valence-corrected chi connectivity index (χ0v) is 15.8. The van der Waals surface area contributed by atoms with Crippen LogP contribution in [0.2, 0.25) is 0 Å². The molecule has 0 atom stereocenters. The Morgan fingerprint density at radius 1 is 1.14 bits per heavy atom. The Bertz CT molecular complexity index is 1210. The number of rotatable bonds is 5. The minimum absolute atomic E-state index is 0.0517. The molecule has 0 radical (unpaired) electrons. The number of anilines is 1. The van der Waals surface area contributed by atoms with Crippen molar-refractivity contribution in [2.45, 2.75) is 4.90 Å². The summed E-state index contributed by atoms with van der Waals surface area (Å²) < 4.78 is 23.5. The van der Waals surface area contributed by atoms with Gasteiger partial charge in [-0.15, -0.1) is 0 Å². The fourth-order valence-electron chi connectivity index (χ4n) is 2.42. The van der Waals surface area contributed by atoms with Gasteiger partial charge in [0, 0.05) is 29.5 Å². The second kappa shape index (κ2) is 7.64. The number of hydrogen-bond donors (Lipinski definition) is 2. The summed E-state index contributed by atoms with van der Waals surface area (Å²) >= 11 is 0. The maximum absolute atomic E-state index is 12.5. The maximum Gasteiger partial charge on any atom is 0.271 e. The van der Waals surface area contributed by atoms with Gasteiger partial charge in [-0.1, -0.05) is 12.1 Å². The number of hydrogen-bond acceptors (Lipinski definition) is 8. The molecule has 0 aliphatic carbocycles. The molecule has 3 aromatic rings. The predicted octanol–water partition coefficient (Wildman–Crippen LogP) is 2.41. The van der Waals surface area contributed by atoms with E-state index in [1.54, 1.807) is 12.1 Å². The third kappa shape index (κ3) is 4.71. The molecule has 0 saturated carbocycles. The second-order valence-corrected chi connectivity index (χ2v) is 8.06. The molecule has 10 nitrogen and oxygen atoms in total. The van der Waals surface area contributed by atoms with E-state index >= 15 is 0 Å². The molecule has 29 heavy (non-hydrogen) atoms. The zero-order chi connectivity index (χ0) is 21.2. The maximum atomic E-state index is 12.5. The van der Waals surface area contributed by atoms with Crippen LogP contribution in [0.15, 0.2) is 59.8 Å². The topological polar surface area (TPSA) is 152 Å². The van der Waals surface area contributed by atoms with Gasteiger partial charge in [0.1, 0.15) is 5.75 Å². The first-order valence-corrected chi connectivity index (χ1v) is 9.95. The molecule has 2 N–H and O–H groups in total. The molecule has 3 rings (SSSR count). The third-order valence-electron chi connectivity index (χ3n) is 3.81. The van der Waals surface area contributed by atoms with Crippen molar-refractivity contribution in [3.8, 4) is 17.1 Å². The first-order chi connectivity index (χ1) is 13.6. The van der Waals surface area contributed by atoms with Gasteiger partial charge in [0.2, 0.25) is 0 Å². The molecular formula is C18H14N4O6S. The van der Waals surface area contributed by atoms with Crippen LogP contribution in [-0.4, -0.2) is 40.6 Å². The van der Waals surface area contributed by atoms with Crippen LogP contribution in [0.25, 0.3) is 11.4 Å². The SMILES string of the molecule is CS(=O)(=O)c1cc(C(=O)Nc2cnc(-c3cccc(O)c3)nc2)cc([N+](=O)[O-])c1. The summed E-state index contributed by atoms with van der Waals surface area (Å²) in [6.45, 7) is 0.